The molecule has 0 aliphatic carbocycles. The molecular weight excluding hydrogens is 230 g/mol. The van der Waals surface area contributed by atoms with Crippen LogP contribution in [0.25, 0.3) is 0 Å². The topological polar surface area (TPSA) is 68.1 Å². The largest absolute Gasteiger partial charge is 0.370 e. The van der Waals surface area contributed by atoms with Crippen molar-refractivity contribution in [3.05, 3.63) is 28.4 Å². The molecule has 1 rings (SSSR count). The molecule has 0 amide bonds. The van der Waals surface area contributed by atoms with Crippen LogP contribution in [0.5, 0.6) is 0 Å². The number of rotatable bonds is 9. The molecule has 0 aromatic carbocycles. The number of pyridine rings is 1. The van der Waals surface area contributed by atoms with E-state index in [2.05, 4.69) is 17.2 Å². The van der Waals surface area contributed by atoms with Crippen molar-refractivity contribution >= 4 is 11.5 Å². The highest BCUT2D eigenvalue weighted by Gasteiger charge is 2.05. The molecule has 0 saturated carbocycles. The average molecular weight is 251 g/mol. The predicted molar refractivity (Wildman–Crippen MR) is 72.8 cm³/mol. The molecule has 1 heterocycles. The Morgan fingerprint density at radius 2 is 2.00 bits per heavy atom. The summed E-state index contributed by atoms with van der Waals surface area (Å²) < 4.78 is 0. The molecule has 0 unspecified atom stereocenters. The van der Waals surface area contributed by atoms with Crippen LogP contribution in [0.4, 0.5) is 11.5 Å². The predicted octanol–water partition coefficient (Wildman–Crippen LogP) is 3.76. The van der Waals surface area contributed by atoms with Crippen LogP contribution in [-0.4, -0.2) is 16.5 Å². The maximum absolute atomic E-state index is 10.6. The Morgan fingerprint density at radius 1 is 1.28 bits per heavy atom. The first-order valence-corrected chi connectivity index (χ1v) is 6.58. The first-order valence-electron chi connectivity index (χ1n) is 6.58. The molecule has 0 saturated heterocycles. The van der Waals surface area contributed by atoms with E-state index in [1.807, 2.05) is 0 Å². The first kappa shape index (κ1) is 14.4. The van der Waals surface area contributed by atoms with E-state index in [4.69, 9.17) is 0 Å². The maximum atomic E-state index is 10.6. The number of hydrogen-bond donors (Lipinski definition) is 1. The zero-order valence-corrected chi connectivity index (χ0v) is 10.9. The number of nitrogens with zero attached hydrogens (tertiary/aromatic N) is 2. The third-order valence-corrected chi connectivity index (χ3v) is 2.79. The molecule has 0 fully saturated rings. The number of aromatic nitrogens is 1. The molecule has 0 radical (unpaired) electrons. The number of unbranched alkanes of at least 4 members (excludes halogenated alkanes) is 5. The van der Waals surface area contributed by atoms with Gasteiger partial charge in [0.25, 0.3) is 5.69 Å². The molecule has 0 atom stereocenters. The van der Waals surface area contributed by atoms with Crippen molar-refractivity contribution in [2.75, 3.05) is 11.9 Å². The minimum Gasteiger partial charge on any atom is -0.370 e. The molecule has 5 nitrogen and oxygen atoms in total. The smallest absolute Gasteiger partial charge is 0.274 e. The van der Waals surface area contributed by atoms with Crippen molar-refractivity contribution in [3.63, 3.8) is 0 Å². The van der Waals surface area contributed by atoms with Crippen LogP contribution in [0.2, 0.25) is 0 Å². The Balaban J connectivity index is 2.19. The summed E-state index contributed by atoms with van der Waals surface area (Å²) in [5.74, 6) is 0.581. The number of nitrogens with one attached hydrogen (secondary N) is 1. The maximum Gasteiger partial charge on any atom is 0.274 e. The van der Waals surface area contributed by atoms with Gasteiger partial charge in [-0.15, -0.1) is 0 Å². The highest BCUT2D eigenvalue weighted by atomic mass is 16.6. The van der Waals surface area contributed by atoms with E-state index >= 15 is 0 Å². The Hall–Kier alpha value is -1.65. The van der Waals surface area contributed by atoms with E-state index in [0.29, 0.717) is 5.82 Å². The van der Waals surface area contributed by atoms with Crippen LogP contribution in [0.3, 0.4) is 0 Å². The van der Waals surface area contributed by atoms with Gasteiger partial charge >= 0.3 is 0 Å². The van der Waals surface area contributed by atoms with Gasteiger partial charge < -0.3 is 5.32 Å². The van der Waals surface area contributed by atoms with Gasteiger partial charge in [-0.3, -0.25) is 10.1 Å². The van der Waals surface area contributed by atoms with Gasteiger partial charge in [0, 0.05) is 18.8 Å². The molecule has 0 bridgehead atoms. The molecule has 1 aromatic rings. The van der Waals surface area contributed by atoms with Gasteiger partial charge in [0.2, 0.25) is 0 Å². The second-order valence-corrected chi connectivity index (χ2v) is 4.35. The first-order chi connectivity index (χ1) is 8.74. The van der Waals surface area contributed by atoms with Gasteiger partial charge in [-0.1, -0.05) is 39.0 Å². The van der Waals surface area contributed by atoms with E-state index in [0.717, 1.165) is 13.0 Å². The fourth-order valence-corrected chi connectivity index (χ4v) is 1.75. The molecule has 0 aliphatic rings. The minimum absolute atomic E-state index is 0.0791. The van der Waals surface area contributed by atoms with Crippen molar-refractivity contribution in [1.29, 1.82) is 0 Å². The van der Waals surface area contributed by atoms with Gasteiger partial charge in [-0.2, -0.15) is 0 Å². The third kappa shape index (κ3) is 5.61. The van der Waals surface area contributed by atoms with E-state index in [9.17, 15) is 10.1 Å². The summed E-state index contributed by atoms with van der Waals surface area (Å²) in [6.07, 6.45) is 8.86. The number of anilines is 1. The lowest BCUT2D eigenvalue weighted by atomic mass is 10.1. The Morgan fingerprint density at radius 3 is 2.72 bits per heavy atom. The van der Waals surface area contributed by atoms with Crippen molar-refractivity contribution in [1.82, 2.24) is 4.98 Å². The average Bonchev–Trinajstić information content (AvgIpc) is 2.38. The summed E-state index contributed by atoms with van der Waals surface area (Å²) in [4.78, 5) is 14.2. The standard InChI is InChI=1S/C13H21N3O2/c1-2-3-4-5-6-7-9-14-13-11-12(16(17)18)8-10-15-13/h8,10-11H,2-7,9H2,1H3,(H,14,15). The lowest BCUT2D eigenvalue weighted by molar-refractivity contribution is -0.384. The van der Waals surface area contributed by atoms with Crippen molar-refractivity contribution in [2.45, 2.75) is 45.4 Å². The summed E-state index contributed by atoms with van der Waals surface area (Å²) in [5, 5.41) is 13.7. The molecule has 100 valence electrons. The lowest BCUT2D eigenvalue weighted by Crippen LogP contribution is -2.03. The molecular formula is C13H21N3O2. The molecule has 0 aliphatic heterocycles. The zero-order valence-electron chi connectivity index (χ0n) is 10.9. The van der Waals surface area contributed by atoms with E-state index < -0.39 is 4.92 Å². The molecule has 0 spiro atoms. The zero-order chi connectivity index (χ0) is 13.2. The summed E-state index contributed by atoms with van der Waals surface area (Å²) in [6, 6.07) is 2.87. The molecule has 18 heavy (non-hydrogen) atoms. The lowest BCUT2D eigenvalue weighted by Gasteiger charge is -2.05. The van der Waals surface area contributed by atoms with Gasteiger partial charge in [-0.05, 0) is 6.42 Å². The van der Waals surface area contributed by atoms with Crippen LogP contribution in [0.1, 0.15) is 45.4 Å². The normalized spacial score (nSPS) is 10.3. The summed E-state index contributed by atoms with van der Waals surface area (Å²) in [7, 11) is 0. The fourth-order valence-electron chi connectivity index (χ4n) is 1.75. The summed E-state index contributed by atoms with van der Waals surface area (Å²) in [5.41, 5.74) is 0.0791. The van der Waals surface area contributed by atoms with Crippen molar-refractivity contribution in [2.24, 2.45) is 0 Å². The highest BCUT2D eigenvalue weighted by Crippen LogP contribution is 2.14. The fraction of sp³-hybridized carbons (Fsp3) is 0.615. The Labute approximate surface area is 108 Å². The Kier molecular flexibility index (Phi) is 6.76. The quantitative estimate of drug-likeness (QED) is 0.412. The van der Waals surface area contributed by atoms with Crippen LogP contribution in [0, 0.1) is 10.1 Å². The Bertz CT molecular complexity index is 369. The SMILES string of the molecule is CCCCCCCCNc1cc([N+](=O)[O-])ccn1. The minimum atomic E-state index is -0.405. The van der Waals surface area contributed by atoms with Gasteiger partial charge in [-0.25, -0.2) is 4.98 Å². The highest BCUT2D eigenvalue weighted by molar-refractivity contribution is 5.43. The molecule has 1 N–H and O–H groups in total. The van der Waals surface area contributed by atoms with Gasteiger partial charge in [0.15, 0.2) is 0 Å². The van der Waals surface area contributed by atoms with Crippen molar-refractivity contribution < 1.29 is 4.92 Å². The summed E-state index contributed by atoms with van der Waals surface area (Å²) in [6.45, 7) is 3.02. The van der Waals surface area contributed by atoms with Crippen LogP contribution in [-0.2, 0) is 0 Å². The monoisotopic (exact) mass is 251 g/mol. The number of hydrogen-bond acceptors (Lipinski definition) is 4. The summed E-state index contributed by atoms with van der Waals surface area (Å²) >= 11 is 0. The van der Waals surface area contributed by atoms with E-state index in [1.54, 1.807) is 0 Å². The van der Waals surface area contributed by atoms with E-state index in [-0.39, 0.29) is 5.69 Å². The van der Waals surface area contributed by atoms with Crippen LogP contribution >= 0.6 is 0 Å². The van der Waals surface area contributed by atoms with Crippen LogP contribution < -0.4 is 5.32 Å². The second kappa shape index (κ2) is 8.44. The van der Waals surface area contributed by atoms with Gasteiger partial charge in [0.1, 0.15) is 5.82 Å². The van der Waals surface area contributed by atoms with Gasteiger partial charge in [0.05, 0.1) is 11.0 Å². The second-order valence-electron chi connectivity index (χ2n) is 4.35. The molecule has 1 aromatic heterocycles. The van der Waals surface area contributed by atoms with Crippen LogP contribution in [0.15, 0.2) is 18.3 Å². The van der Waals surface area contributed by atoms with E-state index in [1.165, 1.54) is 50.4 Å². The molecule has 5 heteroatoms. The number of nitro groups is 1. The third-order valence-electron chi connectivity index (χ3n) is 2.79. The van der Waals surface area contributed by atoms with Crippen molar-refractivity contribution in [3.8, 4) is 0 Å².